The van der Waals surface area contributed by atoms with Crippen LogP contribution in [0.4, 0.5) is 0 Å². The van der Waals surface area contributed by atoms with Crippen LogP contribution < -0.4 is 4.74 Å². The largest absolute Gasteiger partial charge is 0.497 e. The molecule has 2 atom stereocenters. The Hall–Kier alpha value is -0.690. The fourth-order valence-corrected chi connectivity index (χ4v) is 1.84. The lowest BCUT2D eigenvalue weighted by Crippen LogP contribution is -2.00. The van der Waals surface area contributed by atoms with Crippen LogP contribution in [0, 0.1) is 0 Å². The molecule has 0 aliphatic heterocycles. The number of alkyl halides is 1. The van der Waals surface area contributed by atoms with Crippen molar-refractivity contribution in [2.45, 2.75) is 31.6 Å². The number of methoxy groups -OCH3 is 1. The molecule has 0 N–H and O–H groups in total. The van der Waals surface area contributed by atoms with E-state index in [1.807, 2.05) is 19.1 Å². The van der Waals surface area contributed by atoms with Gasteiger partial charge in [0.15, 0.2) is 0 Å². The number of halogens is 1. The molecule has 0 heterocycles. The van der Waals surface area contributed by atoms with Crippen LogP contribution in [0.15, 0.2) is 24.3 Å². The van der Waals surface area contributed by atoms with E-state index in [0.29, 0.717) is 5.92 Å². The zero-order valence-corrected chi connectivity index (χ0v) is 9.71. The zero-order chi connectivity index (χ0) is 10.6. The van der Waals surface area contributed by atoms with E-state index >= 15 is 0 Å². The number of benzene rings is 1. The average Bonchev–Trinajstić information content (AvgIpc) is 2.17. The van der Waals surface area contributed by atoms with Gasteiger partial charge in [0.1, 0.15) is 5.75 Å². The molecule has 2 unspecified atom stereocenters. The van der Waals surface area contributed by atoms with Crippen LogP contribution in [-0.2, 0) is 0 Å². The summed E-state index contributed by atoms with van der Waals surface area (Å²) in [6.07, 6.45) is 0.995. The molecule has 0 fully saturated rings. The summed E-state index contributed by atoms with van der Waals surface area (Å²) < 4.78 is 5.18. The molecule has 1 rings (SSSR count). The minimum atomic E-state index is 0.219. The Morgan fingerprint density at radius 3 is 2.64 bits per heavy atom. The highest BCUT2D eigenvalue weighted by Gasteiger charge is 2.09. The Labute approximate surface area is 91.0 Å². The van der Waals surface area contributed by atoms with Gasteiger partial charge in [-0.1, -0.05) is 19.1 Å². The first-order valence-electron chi connectivity index (χ1n) is 4.91. The van der Waals surface area contributed by atoms with E-state index in [4.69, 9.17) is 16.3 Å². The van der Waals surface area contributed by atoms with Gasteiger partial charge < -0.3 is 4.74 Å². The van der Waals surface area contributed by atoms with Crippen LogP contribution in [0.5, 0.6) is 5.75 Å². The summed E-state index contributed by atoms with van der Waals surface area (Å²) >= 11 is 5.96. The van der Waals surface area contributed by atoms with Crippen LogP contribution >= 0.6 is 11.6 Å². The van der Waals surface area contributed by atoms with Gasteiger partial charge in [-0.15, -0.1) is 11.6 Å². The topological polar surface area (TPSA) is 9.23 Å². The second-order valence-corrected chi connectivity index (χ2v) is 4.44. The Bertz CT molecular complexity index is 283. The third-order valence-corrected chi connectivity index (χ3v) is 2.52. The van der Waals surface area contributed by atoms with E-state index in [2.05, 4.69) is 19.1 Å². The smallest absolute Gasteiger partial charge is 0.119 e. The maximum absolute atomic E-state index is 5.96. The summed E-state index contributed by atoms with van der Waals surface area (Å²) in [5, 5.41) is 0.219. The molecule has 0 amide bonds. The van der Waals surface area contributed by atoms with Crippen molar-refractivity contribution in [3.05, 3.63) is 29.8 Å². The lowest BCUT2D eigenvalue weighted by molar-refractivity contribution is 0.413. The van der Waals surface area contributed by atoms with Crippen molar-refractivity contribution in [2.24, 2.45) is 0 Å². The maximum atomic E-state index is 5.96. The van der Waals surface area contributed by atoms with E-state index in [1.54, 1.807) is 7.11 Å². The Morgan fingerprint density at radius 1 is 1.36 bits per heavy atom. The predicted molar refractivity (Wildman–Crippen MR) is 61.3 cm³/mol. The molecule has 0 saturated heterocycles. The van der Waals surface area contributed by atoms with Crippen molar-refractivity contribution in [1.82, 2.24) is 0 Å². The van der Waals surface area contributed by atoms with E-state index in [0.717, 1.165) is 12.2 Å². The molecule has 0 saturated carbocycles. The molecule has 0 aromatic heterocycles. The molecule has 0 aliphatic carbocycles. The molecule has 0 spiro atoms. The monoisotopic (exact) mass is 212 g/mol. The first-order valence-corrected chi connectivity index (χ1v) is 5.35. The summed E-state index contributed by atoms with van der Waals surface area (Å²) in [7, 11) is 1.69. The van der Waals surface area contributed by atoms with Crippen LogP contribution in [-0.4, -0.2) is 12.5 Å². The minimum absolute atomic E-state index is 0.219. The summed E-state index contributed by atoms with van der Waals surface area (Å²) in [6, 6.07) is 8.17. The molecule has 1 nitrogen and oxygen atoms in total. The molecule has 1 aromatic carbocycles. The lowest BCUT2D eigenvalue weighted by Gasteiger charge is -2.13. The van der Waals surface area contributed by atoms with Crippen molar-refractivity contribution in [3.8, 4) is 5.75 Å². The van der Waals surface area contributed by atoms with Crippen LogP contribution in [0.25, 0.3) is 0 Å². The van der Waals surface area contributed by atoms with Gasteiger partial charge in [-0.05, 0) is 37.0 Å². The fraction of sp³-hybridized carbons (Fsp3) is 0.500. The average molecular weight is 213 g/mol. The normalized spacial score (nSPS) is 14.9. The molecular weight excluding hydrogens is 196 g/mol. The van der Waals surface area contributed by atoms with E-state index in [-0.39, 0.29) is 5.38 Å². The molecule has 0 bridgehead atoms. The van der Waals surface area contributed by atoms with Crippen molar-refractivity contribution in [3.63, 3.8) is 0 Å². The highest BCUT2D eigenvalue weighted by atomic mass is 35.5. The molecule has 1 aromatic rings. The minimum Gasteiger partial charge on any atom is -0.497 e. The van der Waals surface area contributed by atoms with Crippen LogP contribution in [0.2, 0.25) is 0 Å². The van der Waals surface area contributed by atoms with Crippen LogP contribution in [0.1, 0.15) is 31.7 Å². The van der Waals surface area contributed by atoms with E-state index in [9.17, 15) is 0 Å². The number of hydrogen-bond acceptors (Lipinski definition) is 1. The van der Waals surface area contributed by atoms with E-state index < -0.39 is 0 Å². The van der Waals surface area contributed by atoms with E-state index in [1.165, 1.54) is 5.56 Å². The van der Waals surface area contributed by atoms with Gasteiger partial charge in [-0.25, -0.2) is 0 Å². The SMILES string of the molecule is COc1cccc(C(C)CC(C)Cl)c1. The first kappa shape index (κ1) is 11.4. The zero-order valence-electron chi connectivity index (χ0n) is 8.96. The predicted octanol–water partition coefficient (Wildman–Crippen LogP) is 3.82. The van der Waals surface area contributed by atoms with Crippen molar-refractivity contribution in [2.75, 3.05) is 7.11 Å². The quantitative estimate of drug-likeness (QED) is 0.690. The number of ether oxygens (including phenoxy) is 1. The Balaban J connectivity index is 2.73. The molecule has 0 radical (unpaired) electrons. The molecule has 0 aliphatic rings. The third-order valence-electron chi connectivity index (χ3n) is 2.34. The second-order valence-electron chi connectivity index (χ2n) is 3.69. The van der Waals surface area contributed by atoms with Crippen molar-refractivity contribution >= 4 is 11.6 Å². The molecular formula is C12H17ClO. The fourth-order valence-electron chi connectivity index (χ4n) is 1.57. The second kappa shape index (κ2) is 5.26. The summed E-state index contributed by atoms with van der Waals surface area (Å²) in [6.45, 7) is 4.21. The van der Waals surface area contributed by atoms with Crippen molar-refractivity contribution in [1.29, 1.82) is 0 Å². The number of hydrogen-bond donors (Lipinski definition) is 0. The summed E-state index contributed by atoms with van der Waals surface area (Å²) in [4.78, 5) is 0. The van der Waals surface area contributed by atoms with Gasteiger partial charge >= 0.3 is 0 Å². The van der Waals surface area contributed by atoms with Gasteiger partial charge in [0, 0.05) is 5.38 Å². The first-order chi connectivity index (χ1) is 6.63. The Kier molecular flexibility index (Phi) is 4.27. The highest BCUT2D eigenvalue weighted by Crippen LogP contribution is 2.25. The third kappa shape index (κ3) is 3.22. The maximum Gasteiger partial charge on any atom is 0.119 e. The van der Waals surface area contributed by atoms with Gasteiger partial charge in [0.25, 0.3) is 0 Å². The lowest BCUT2D eigenvalue weighted by atomic mass is 9.96. The van der Waals surface area contributed by atoms with Gasteiger partial charge in [0.05, 0.1) is 7.11 Å². The molecule has 78 valence electrons. The summed E-state index contributed by atoms with van der Waals surface area (Å²) in [5.74, 6) is 1.40. The van der Waals surface area contributed by atoms with Crippen molar-refractivity contribution < 1.29 is 4.74 Å². The molecule has 2 heteroatoms. The van der Waals surface area contributed by atoms with Gasteiger partial charge in [-0.2, -0.15) is 0 Å². The highest BCUT2D eigenvalue weighted by molar-refractivity contribution is 6.20. The van der Waals surface area contributed by atoms with Gasteiger partial charge in [0.2, 0.25) is 0 Å². The van der Waals surface area contributed by atoms with Gasteiger partial charge in [-0.3, -0.25) is 0 Å². The standard InChI is InChI=1S/C12H17ClO/c1-9(7-10(2)13)11-5-4-6-12(8-11)14-3/h4-6,8-10H,7H2,1-3H3. The summed E-state index contributed by atoms with van der Waals surface area (Å²) in [5.41, 5.74) is 1.29. The number of rotatable bonds is 4. The Morgan fingerprint density at radius 2 is 2.07 bits per heavy atom. The van der Waals surface area contributed by atoms with Crippen LogP contribution in [0.3, 0.4) is 0 Å². The molecule has 14 heavy (non-hydrogen) atoms.